The molecule has 2 aliphatic rings. The average Bonchev–Trinajstić information content (AvgIpc) is 3.53. The lowest BCUT2D eigenvalue weighted by Crippen LogP contribution is -2.42. The van der Waals surface area contributed by atoms with Crippen LogP contribution in [0.25, 0.3) is 0 Å². The Morgan fingerprint density at radius 2 is 1.54 bits per heavy atom. The van der Waals surface area contributed by atoms with E-state index in [1.54, 1.807) is 11.2 Å². The van der Waals surface area contributed by atoms with Gasteiger partial charge in [0.25, 0.3) is 0 Å². The third-order valence-corrected chi connectivity index (χ3v) is 11.3. The molecule has 0 radical (unpaired) electrons. The number of nitrogens with zero attached hydrogens (tertiary/aromatic N) is 2. The molecule has 1 aliphatic carbocycles. The van der Waals surface area contributed by atoms with E-state index < -0.39 is 22.1 Å². The second kappa shape index (κ2) is 15.9. The van der Waals surface area contributed by atoms with Gasteiger partial charge in [-0.25, -0.2) is 13.2 Å². The molecular formula is C39H52N2O6S. The lowest BCUT2D eigenvalue weighted by molar-refractivity contribution is -0.151. The fourth-order valence-electron chi connectivity index (χ4n) is 6.69. The molecule has 0 N–H and O–H groups in total. The van der Waals surface area contributed by atoms with Gasteiger partial charge in [-0.3, -0.25) is 4.90 Å². The van der Waals surface area contributed by atoms with Crippen LogP contribution in [0.4, 0.5) is 0 Å². The maximum absolute atomic E-state index is 13.5. The highest BCUT2D eigenvalue weighted by Crippen LogP contribution is 2.50. The van der Waals surface area contributed by atoms with Gasteiger partial charge in [0.1, 0.15) is 18.1 Å². The third kappa shape index (κ3) is 9.39. The van der Waals surface area contributed by atoms with Crippen LogP contribution in [0.5, 0.6) is 11.5 Å². The second-order valence-electron chi connectivity index (χ2n) is 14.1. The molecule has 1 saturated heterocycles. The number of hydrogen-bond donors (Lipinski definition) is 0. The number of benzene rings is 3. The summed E-state index contributed by atoms with van der Waals surface area (Å²) in [6, 6.07) is 25.9. The summed E-state index contributed by atoms with van der Waals surface area (Å²) in [4.78, 5) is 15.2. The van der Waals surface area contributed by atoms with Crippen LogP contribution in [0, 0.1) is 11.8 Å². The molecule has 0 bridgehead atoms. The number of fused-ring (bicyclic) bond motifs is 1. The molecule has 48 heavy (non-hydrogen) atoms. The quantitative estimate of drug-likeness (QED) is 0.151. The van der Waals surface area contributed by atoms with Crippen molar-refractivity contribution in [1.29, 1.82) is 0 Å². The number of carbonyl (C=O) groups is 1. The first kappa shape index (κ1) is 35.9. The topological polar surface area (TPSA) is 85.4 Å². The van der Waals surface area contributed by atoms with Gasteiger partial charge in [-0.05, 0) is 71.6 Å². The summed E-state index contributed by atoms with van der Waals surface area (Å²) in [6.07, 6.45) is 1.04. The smallest absolute Gasteiger partial charge is 0.347 e. The minimum atomic E-state index is -3.39. The zero-order chi connectivity index (χ0) is 34.3. The van der Waals surface area contributed by atoms with Crippen molar-refractivity contribution in [2.45, 2.75) is 78.0 Å². The SMILES string of the molecule is CCCCS(=O)(=O)N(CCOc1ccc(C[C@H](Oc2ccc(C(C)(C)C)cc2)C(=O)OCC)cc1)[C@H]1[C@@H]2CN(Cc3ccccc3)C[C@@H]21. The summed E-state index contributed by atoms with van der Waals surface area (Å²) in [5, 5.41) is 0. The van der Waals surface area contributed by atoms with Crippen LogP contribution in [-0.4, -0.2) is 74.3 Å². The number of esters is 1. The Labute approximate surface area is 287 Å². The average molecular weight is 677 g/mol. The van der Waals surface area contributed by atoms with Gasteiger partial charge in [0.05, 0.1) is 12.4 Å². The van der Waals surface area contributed by atoms with Crippen LogP contribution in [0.2, 0.25) is 0 Å². The van der Waals surface area contributed by atoms with Crippen molar-refractivity contribution in [3.8, 4) is 11.5 Å². The van der Waals surface area contributed by atoms with Crippen molar-refractivity contribution in [2.24, 2.45) is 11.8 Å². The van der Waals surface area contributed by atoms with E-state index in [9.17, 15) is 13.2 Å². The van der Waals surface area contributed by atoms with Gasteiger partial charge in [0, 0.05) is 38.6 Å². The Balaban J connectivity index is 1.16. The zero-order valence-corrected chi connectivity index (χ0v) is 30.0. The number of unbranched alkanes of at least 4 members (excludes halogenated alkanes) is 1. The molecule has 1 saturated carbocycles. The fraction of sp³-hybridized carbons (Fsp3) is 0.513. The van der Waals surface area contributed by atoms with Crippen molar-refractivity contribution in [1.82, 2.24) is 9.21 Å². The van der Waals surface area contributed by atoms with Gasteiger partial charge >= 0.3 is 5.97 Å². The number of carbonyl (C=O) groups excluding carboxylic acids is 1. The monoisotopic (exact) mass is 676 g/mol. The molecule has 8 nitrogen and oxygen atoms in total. The standard InChI is InChI=1S/C39H52N2O6S/c1-6-8-24-48(43,44)41(37-34-27-40(28-35(34)37)26-30-12-10-9-11-13-30)22-23-46-32-18-14-29(15-19-32)25-36(38(42)45-7-2)47-33-20-16-31(17-21-33)39(3,4)5/h9-21,34-37H,6-8,22-28H2,1-5H3/t34-,35+,36-,37+/m0/s1. The van der Waals surface area contributed by atoms with Crippen molar-refractivity contribution in [2.75, 3.05) is 38.6 Å². The fourth-order valence-corrected chi connectivity index (χ4v) is 8.62. The molecule has 2 fully saturated rings. The highest BCUT2D eigenvalue weighted by molar-refractivity contribution is 7.89. The van der Waals surface area contributed by atoms with E-state index in [1.165, 1.54) is 11.1 Å². The van der Waals surface area contributed by atoms with E-state index in [-0.39, 0.29) is 30.4 Å². The molecule has 0 aromatic heterocycles. The van der Waals surface area contributed by atoms with E-state index in [4.69, 9.17) is 14.2 Å². The third-order valence-electron chi connectivity index (χ3n) is 9.39. The molecule has 0 unspecified atom stereocenters. The van der Waals surface area contributed by atoms with Crippen LogP contribution in [0.15, 0.2) is 78.9 Å². The Kier molecular flexibility index (Phi) is 11.9. The molecule has 0 amide bonds. The summed E-state index contributed by atoms with van der Waals surface area (Å²) >= 11 is 0. The van der Waals surface area contributed by atoms with Gasteiger partial charge in [0.2, 0.25) is 10.0 Å². The van der Waals surface area contributed by atoms with Crippen molar-refractivity contribution < 1.29 is 27.4 Å². The minimum absolute atomic E-state index is 0.0198. The van der Waals surface area contributed by atoms with E-state index in [2.05, 4.69) is 49.9 Å². The number of sulfonamides is 1. The van der Waals surface area contributed by atoms with E-state index >= 15 is 0 Å². The summed E-state index contributed by atoms with van der Waals surface area (Å²) < 4.78 is 46.2. The zero-order valence-electron chi connectivity index (χ0n) is 29.1. The van der Waals surface area contributed by atoms with Crippen LogP contribution < -0.4 is 9.47 Å². The van der Waals surface area contributed by atoms with Gasteiger partial charge in [0.15, 0.2) is 6.10 Å². The van der Waals surface area contributed by atoms with Crippen LogP contribution in [0.1, 0.15) is 64.2 Å². The van der Waals surface area contributed by atoms with E-state index in [0.29, 0.717) is 42.7 Å². The molecule has 260 valence electrons. The van der Waals surface area contributed by atoms with Gasteiger partial charge in [-0.2, -0.15) is 4.31 Å². The molecule has 1 aliphatic heterocycles. The Bertz CT molecular complexity index is 1560. The van der Waals surface area contributed by atoms with Gasteiger partial charge in [-0.1, -0.05) is 88.7 Å². The molecule has 3 aromatic carbocycles. The molecule has 5 rings (SSSR count). The maximum atomic E-state index is 13.5. The summed E-state index contributed by atoms with van der Waals surface area (Å²) in [7, 11) is -3.39. The first-order chi connectivity index (χ1) is 23.0. The number of hydrogen-bond acceptors (Lipinski definition) is 7. The van der Waals surface area contributed by atoms with Crippen LogP contribution in [0.3, 0.4) is 0 Å². The van der Waals surface area contributed by atoms with E-state index in [0.717, 1.165) is 31.6 Å². The largest absolute Gasteiger partial charge is 0.492 e. The molecule has 1 heterocycles. The normalized spacial score (nSPS) is 19.9. The van der Waals surface area contributed by atoms with Crippen LogP contribution in [-0.2, 0) is 37.9 Å². The number of piperidine rings is 1. The predicted octanol–water partition coefficient (Wildman–Crippen LogP) is 6.48. The summed E-state index contributed by atoms with van der Waals surface area (Å²) in [5.74, 6) is 1.77. The van der Waals surface area contributed by atoms with Crippen molar-refractivity contribution >= 4 is 16.0 Å². The second-order valence-corrected chi connectivity index (χ2v) is 16.1. The molecule has 4 atom stereocenters. The first-order valence-electron chi connectivity index (χ1n) is 17.4. The maximum Gasteiger partial charge on any atom is 0.347 e. The Hall–Kier alpha value is -3.40. The van der Waals surface area contributed by atoms with Gasteiger partial charge in [-0.15, -0.1) is 0 Å². The number of rotatable bonds is 17. The Morgan fingerprint density at radius 3 is 2.15 bits per heavy atom. The van der Waals surface area contributed by atoms with Crippen molar-refractivity contribution in [3.05, 3.63) is 95.6 Å². The lowest BCUT2D eigenvalue weighted by atomic mass is 9.87. The molecule has 3 aromatic rings. The summed E-state index contributed by atoms with van der Waals surface area (Å²) in [5.41, 5.74) is 3.40. The number of ether oxygens (including phenoxy) is 3. The highest BCUT2D eigenvalue weighted by Gasteiger charge is 2.60. The lowest BCUT2D eigenvalue weighted by Gasteiger charge is -2.27. The van der Waals surface area contributed by atoms with Gasteiger partial charge < -0.3 is 14.2 Å². The molecule has 0 spiro atoms. The molecule has 9 heteroatoms. The minimum Gasteiger partial charge on any atom is -0.492 e. The first-order valence-corrected chi connectivity index (χ1v) is 19.0. The van der Waals surface area contributed by atoms with Crippen LogP contribution >= 0.6 is 0 Å². The predicted molar refractivity (Wildman–Crippen MR) is 190 cm³/mol. The molecular weight excluding hydrogens is 625 g/mol. The summed E-state index contributed by atoms with van der Waals surface area (Å²) in [6.45, 7) is 13.9. The van der Waals surface area contributed by atoms with E-state index in [1.807, 2.05) is 61.5 Å². The highest BCUT2D eigenvalue weighted by atomic mass is 32.2. The van der Waals surface area contributed by atoms with Crippen molar-refractivity contribution in [3.63, 3.8) is 0 Å². The number of likely N-dealkylation sites (tertiary alicyclic amines) is 1. The Morgan fingerprint density at radius 1 is 0.896 bits per heavy atom.